The Kier molecular flexibility index (Phi) is 3.83. The summed E-state index contributed by atoms with van der Waals surface area (Å²) in [6, 6.07) is -0.254. The number of hydrogen-bond donors (Lipinski definition) is 1. The van der Waals surface area contributed by atoms with Crippen molar-refractivity contribution in [3.05, 3.63) is 0 Å². The molecule has 1 amide bonds. The van der Waals surface area contributed by atoms with Crippen LogP contribution in [-0.4, -0.2) is 36.1 Å². The maximum atomic E-state index is 12.3. The number of halogens is 3. The molecule has 0 saturated heterocycles. The molecule has 0 aromatic heterocycles. The minimum Gasteiger partial charge on any atom is -0.333 e. The Bertz CT molecular complexity index is 265. The van der Waals surface area contributed by atoms with Crippen LogP contribution in [0.3, 0.4) is 0 Å². The van der Waals surface area contributed by atoms with Gasteiger partial charge in [0.1, 0.15) is 6.54 Å². The van der Waals surface area contributed by atoms with Crippen molar-refractivity contribution in [2.24, 2.45) is 17.6 Å². The fraction of sp³-hybridized carbons (Fsp3) is 0.900. The third kappa shape index (κ3) is 4.00. The lowest BCUT2D eigenvalue weighted by molar-refractivity contribution is -0.163. The molecule has 0 aromatic rings. The Hall–Kier alpha value is -0.780. The summed E-state index contributed by atoms with van der Waals surface area (Å²) in [4.78, 5) is 12.6. The van der Waals surface area contributed by atoms with Crippen LogP contribution in [0.1, 0.15) is 20.3 Å². The first-order valence-electron chi connectivity index (χ1n) is 5.32. The van der Waals surface area contributed by atoms with Gasteiger partial charge in [0.2, 0.25) is 5.91 Å². The molecule has 1 fully saturated rings. The zero-order chi connectivity index (χ0) is 12.5. The van der Waals surface area contributed by atoms with Crippen LogP contribution in [0.4, 0.5) is 13.2 Å². The molecule has 0 bridgehead atoms. The lowest BCUT2D eigenvalue weighted by Crippen LogP contribution is -2.42. The monoisotopic (exact) mass is 238 g/mol. The van der Waals surface area contributed by atoms with Gasteiger partial charge in [0.25, 0.3) is 0 Å². The predicted molar refractivity (Wildman–Crippen MR) is 53.6 cm³/mol. The molecule has 0 heterocycles. The number of alkyl halides is 3. The van der Waals surface area contributed by atoms with E-state index in [-0.39, 0.29) is 18.5 Å². The van der Waals surface area contributed by atoms with E-state index in [1.807, 2.05) is 0 Å². The fourth-order valence-corrected chi connectivity index (χ4v) is 1.62. The second kappa shape index (κ2) is 4.61. The molecule has 0 aliphatic heterocycles. The van der Waals surface area contributed by atoms with Crippen LogP contribution in [0, 0.1) is 11.8 Å². The van der Waals surface area contributed by atoms with Gasteiger partial charge in [-0.2, -0.15) is 13.2 Å². The van der Waals surface area contributed by atoms with Gasteiger partial charge in [0.05, 0.1) is 5.92 Å². The zero-order valence-corrected chi connectivity index (χ0v) is 9.42. The van der Waals surface area contributed by atoms with Crippen molar-refractivity contribution in [3.63, 3.8) is 0 Å². The van der Waals surface area contributed by atoms with E-state index < -0.39 is 24.5 Å². The third-order valence-electron chi connectivity index (χ3n) is 2.42. The van der Waals surface area contributed by atoms with Crippen LogP contribution in [0.2, 0.25) is 0 Å². The Morgan fingerprint density at radius 2 is 2.00 bits per heavy atom. The van der Waals surface area contributed by atoms with E-state index in [0.29, 0.717) is 6.42 Å². The molecule has 0 aromatic carbocycles. The van der Waals surface area contributed by atoms with Gasteiger partial charge in [-0.1, -0.05) is 13.8 Å². The van der Waals surface area contributed by atoms with Gasteiger partial charge >= 0.3 is 6.18 Å². The number of amides is 1. The Morgan fingerprint density at radius 3 is 2.31 bits per heavy atom. The van der Waals surface area contributed by atoms with Crippen LogP contribution >= 0.6 is 0 Å². The molecule has 16 heavy (non-hydrogen) atoms. The maximum Gasteiger partial charge on any atom is 0.406 e. The zero-order valence-electron chi connectivity index (χ0n) is 9.42. The van der Waals surface area contributed by atoms with Crippen molar-refractivity contribution in [1.29, 1.82) is 0 Å². The Labute approximate surface area is 92.8 Å². The Morgan fingerprint density at radius 1 is 1.50 bits per heavy atom. The van der Waals surface area contributed by atoms with Gasteiger partial charge in [0, 0.05) is 12.6 Å². The van der Waals surface area contributed by atoms with E-state index in [1.165, 1.54) is 0 Å². The second-order valence-electron chi connectivity index (χ2n) is 4.73. The molecule has 6 heteroatoms. The summed E-state index contributed by atoms with van der Waals surface area (Å²) < 4.78 is 36.8. The fourth-order valence-electron chi connectivity index (χ4n) is 1.62. The van der Waals surface area contributed by atoms with Crippen LogP contribution in [0.15, 0.2) is 0 Å². The number of rotatable bonds is 4. The van der Waals surface area contributed by atoms with E-state index >= 15 is 0 Å². The first kappa shape index (κ1) is 13.3. The average molecular weight is 238 g/mol. The van der Waals surface area contributed by atoms with Gasteiger partial charge in [-0.25, -0.2) is 0 Å². The topological polar surface area (TPSA) is 46.3 Å². The van der Waals surface area contributed by atoms with Crippen molar-refractivity contribution in [3.8, 4) is 0 Å². The first-order valence-corrected chi connectivity index (χ1v) is 5.32. The molecule has 2 N–H and O–H groups in total. The van der Waals surface area contributed by atoms with Crippen molar-refractivity contribution in [2.75, 3.05) is 13.1 Å². The lowest BCUT2D eigenvalue weighted by atomic mass is 10.2. The van der Waals surface area contributed by atoms with Crippen LogP contribution in [0.25, 0.3) is 0 Å². The van der Waals surface area contributed by atoms with E-state index in [9.17, 15) is 18.0 Å². The summed E-state index contributed by atoms with van der Waals surface area (Å²) in [6.45, 7) is 2.52. The summed E-state index contributed by atoms with van der Waals surface area (Å²) in [5.41, 5.74) is 5.47. The molecule has 94 valence electrons. The van der Waals surface area contributed by atoms with E-state index in [0.717, 1.165) is 4.90 Å². The van der Waals surface area contributed by atoms with Gasteiger partial charge in [-0.05, 0) is 12.3 Å². The highest BCUT2D eigenvalue weighted by Gasteiger charge is 2.44. The minimum atomic E-state index is -4.34. The molecule has 1 saturated carbocycles. The van der Waals surface area contributed by atoms with Gasteiger partial charge in [-0.3, -0.25) is 4.79 Å². The molecule has 1 aliphatic carbocycles. The van der Waals surface area contributed by atoms with Crippen LogP contribution in [0.5, 0.6) is 0 Å². The van der Waals surface area contributed by atoms with E-state index in [1.54, 1.807) is 13.8 Å². The molecule has 1 rings (SSSR count). The molecule has 0 radical (unpaired) electrons. The standard InChI is InChI=1S/C10H17F3N2O/c1-6(2)4-15(5-10(11,12)13)9(16)7-3-8(7)14/h6-8H,3-5,14H2,1-2H3. The highest BCUT2D eigenvalue weighted by molar-refractivity contribution is 5.82. The number of hydrogen-bond acceptors (Lipinski definition) is 2. The van der Waals surface area contributed by atoms with E-state index in [2.05, 4.69) is 0 Å². The SMILES string of the molecule is CC(C)CN(CC(F)(F)F)C(=O)C1CC1N. The highest BCUT2D eigenvalue weighted by atomic mass is 19.4. The maximum absolute atomic E-state index is 12.3. The summed E-state index contributed by atoms with van der Waals surface area (Å²) in [7, 11) is 0. The summed E-state index contributed by atoms with van der Waals surface area (Å²) >= 11 is 0. The number of nitrogens with two attached hydrogens (primary N) is 1. The largest absolute Gasteiger partial charge is 0.406 e. The van der Waals surface area contributed by atoms with E-state index in [4.69, 9.17) is 5.73 Å². The number of carbonyl (C=O) groups excluding carboxylic acids is 1. The van der Waals surface area contributed by atoms with Crippen molar-refractivity contribution in [1.82, 2.24) is 4.90 Å². The molecule has 1 aliphatic rings. The average Bonchev–Trinajstić information content (AvgIpc) is 2.76. The quantitative estimate of drug-likeness (QED) is 0.804. The smallest absolute Gasteiger partial charge is 0.333 e. The predicted octanol–water partition coefficient (Wildman–Crippen LogP) is 1.38. The normalized spacial score (nSPS) is 24.7. The highest BCUT2D eigenvalue weighted by Crippen LogP contribution is 2.31. The number of nitrogens with zero attached hydrogens (tertiary/aromatic N) is 1. The Balaban J connectivity index is 2.59. The van der Waals surface area contributed by atoms with Crippen molar-refractivity contribution in [2.45, 2.75) is 32.5 Å². The molecular formula is C10H17F3N2O. The van der Waals surface area contributed by atoms with Crippen molar-refractivity contribution >= 4 is 5.91 Å². The molecule has 2 unspecified atom stereocenters. The lowest BCUT2D eigenvalue weighted by Gasteiger charge is -2.25. The molecule has 0 spiro atoms. The summed E-state index contributed by atoms with van der Waals surface area (Å²) in [6.07, 6.45) is -3.84. The van der Waals surface area contributed by atoms with Crippen LogP contribution in [-0.2, 0) is 4.79 Å². The first-order chi connectivity index (χ1) is 7.20. The van der Waals surface area contributed by atoms with Crippen molar-refractivity contribution < 1.29 is 18.0 Å². The number of carbonyl (C=O) groups is 1. The third-order valence-corrected chi connectivity index (χ3v) is 2.42. The second-order valence-corrected chi connectivity index (χ2v) is 4.73. The van der Waals surface area contributed by atoms with Gasteiger partial charge in [-0.15, -0.1) is 0 Å². The molecular weight excluding hydrogens is 221 g/mol. The molecule has 2 atom stereocenters. The minimum absolute atomic E-state index is 0.0151. The van der Waals surface area contributed by atoms with Crippen LogP contribution < -0.4 is 5.73 Å². The summed E-state index contributed by atoms with van der Waals surface area (Å²) in [5, 5.41) is 0. The van der Waals surface area contributed by atoms with Gasteiger partial charge in [0.15, 0.2) is 0 Å². The van der Waals surface area contributed by atoms with Gasteiger partial charge < -0.3 is 10.6 Å². The molecule has 3 nitrogen and oxygen atoms in total. The summed E-state index contributed by atoms with van der Waals surface area (Å²) in [5.74, 6) is -0.846.